The standard InChI is InChI=1S/C22H32N8O3S/c1-13-18(20(32)33)34-22(24-13)27-21-25-16(29-9-6-15(7-10-29)28(2)3)11-17(26-21)30-8-4-5-14(12-30)19(23)31/h11,14-15H,4-10,12H2,1-3H3,(H2,23,31)(H,32,33)(H,24,25,26,27). The van der Waals surface area contributed by atoms with Crippen molar-refractivity contribution in [2.75, 3.05) is 55.4 Å². The number of aryl methyl sites for hydroxylation is 1. The molecule has 0 bridgehead atoms. The molecule has 2 fully saturated rings. The first-order chi connectivity index (χ1) is 16.2. The number of aromatic carboxylic acids is 1. The van der Waals surface area contributed by atoms with Gasteiger partial charge in [-0.05, 0) is 46.7 Å². The van der Waals surface area contributed by atoms with Crippen molar-refractivity contribution in [3.05, 3.63) is 16.6 Å². The number of carboxylic acid groups (broad SMARTS) is 1. The summed E-state index contributed by atoms with van der Waals surface area (Å²) in [4.78, 5) is 43.8. The van der Waals surface area contributed by atoms with Crippen LogP contribution >= 0.6 is 11.3 Å². The Hall–Kier alpha value is -2.99. The summed E-state index contributed by atoms with van der Waals surface area (Å²) in [7, 11) is 4.22. The van der Waals surface area contributed by atoms with Crippen LogP contribution in [0.25, 0.3) is 0 Å². The highest BCUT2D eigenvalue weighted by Crippen LogP contribution is 2.30. The highest BCUT2D eigenvalue weighted by Gasteiger charge is 2.27. The van der Waals surface area contributed by atoms with Crippen molar-refractivity contribution in [1.82, 2.24) is 19.9 Å². The second-order valence-electron chi connectivity index (χ2n) is 9.14. The molecular weight excluding hydrogens is 456 g/mol. The number of nitrogens with zero attached hydrogens (tertiary/aromatic N) is 6. The number of thiazole rings is 1. The number of amides is 1. The minimum Gasteiger partial charge on any atom is -0.477 e. The topological polar surface area (TPSA) is 141 Å². The monoisotopic (exact) mass is 488 g/mol. The lowest BCUT2D eigenvalue weighted by Gasteiger charge is -2.37. The van der Waals surface area contributed by atoms with E-state index in [2.05, 4.69) is 39.1 Å². The molecule has 2 saturated heterocycles. The summed E-state index contributed by atoms with van der Waals surface area (Å²) < 4.78 is 0. The number of aromatic nitrogens is 3. The molecule has 1 atom stereocenters. The fourth-order valence-corrected chi connectivity index (χ4v) is 5.37. The van der Waals surface area contributed by atoms with Gasteiger partial charge in [0.2, 0.25) is 11.9 Å². The van der Waals surface area contributed by atoms with Crippen molar-refractivity contribution in [2.24, 2.45) is 11.7 Å². The lowest BCUT2D eigenvalue weighted by molar-refractivity contribution is -0.122. The maximum atomic E-state index is 11.8. The summed E-state index contributed by atoms with van der Waals surface area (Å²) in [5.41, 5.74) is 6.03. The van der Waals surface area contributed by atoms with Crippen LogP contribution < -0.4 is 20.9 Å². The van der Waals surface area contributed by atoms with Gasteiger partial charge < -0.3 is 25.5 Å². The quantitative estimate of drug-likeness (QED) is 0.529. The minimum atomic E-state index is -1.01. The molecule has 2 aromatic heterocycles. The predicted octanol–water partition coefficient (Wildman–Crippen LogP) is 1.92. The summed E-state index contributed by atoms with van der Waals surface area (Å²) in [6.45, 7) is 4.72. The zero-order valence-electron chi connectivity index (χ0n) is 19.8. The van der Waals surface area contributed by atoms with Crippen molar-refractivity contribution in [3.8, 4) is 0 Å². The lowest BCUT2D eigenvalue weighted by Crippen LogP contribution is -2.43. The van der Waals surface area contributed by atoms with Crippen molar-refractivity contribution in [3.63, 3.8) is 0 Å². The maximum Gasteiger partial charge on any atom is 0.347 e. The Kier molecular flexibility index (Phi) is 7.17. The van der Waals surface area contributed by atoms with Crippen LogP contribution in [0.5, 0.6) is 0 Å². The van der Waals surface area contributed by atoms with Crippen molar-refractivity contribution in [1.29, 1.82) is 0 Å². The largest absolute Gasteiger partial charge is 0.477 e. The molecule has 0 aromatic carbocycles. The molecular formula is C22H32N8O3S. The molecule has 12 heteroatoms. The number of carbonyl (C=O) groups excluding carboxylic acids is 1. The first kappa shape index (κ1) is 24.1. The zero-order valence-corrected chi connectivity index (χ0v) is 20.6. The Morgan fingerprint density at radius 3 is 2.38 bits per heavy atom. The molecule has 2 aliphatic rings. The fourth-order valence-electron chi connectivity index (χ4n) is 4.57. The van der Waals surface area contributed by atoms with Gasteiger partial charge in [-0.3, -0.25) is 10.1 Å². The number of hydrogen-bond donors (Lipinski definition) is 3. The molecule has 184 valence electrons. The van der Waals surface area contributed by atoms with Crippen molar-refractivity contribution < 1.29 is 14.7 Å². The SMILES string of the molecule is Cc1nc(Nc2nc(N3CCC(N(C)C)CC3)cc(N3CCCC(C(N)=O)C3)n2)sc1C(=O)O. The third-order valence-corrected chi connectivity index (χ3v) is 7.64. The molecule has 4 heterocycles. The highest BCUT2D eigenvalue weighted by atomic mass is 32.1. The van der Waals surface area contributed by atoms with Gasteiger partial charge in [0.05, 0.1) is 11.6 Å². The van der Waals surface area contributed by atoms with Gasteiger partial charge in [0, 0.05) is 38.3 Å². The number of hydrogen-bond acceptors (Lipinski definition) is 10. The number of rotatable bonds is 7. The van der Waals surface area contributed by atoms with Crippen LogP contribution in [0, 0.1) is 12.8 Å². The van der Waals surface area contributed by atoms with E-state index < -0.39 is 5.97 Å². The summed E-state index contributed by atoms with van der Waals surface area (Å²) >= 11 is 1.06. The normalized spacial score (nSPS) is 19.5. The summed E-state index contributed by atoms with van der Waals surface area (Å²) in [5.74, 6) is 0.376. The third-order valence-electron chi connectivity index (χ3n) is 6.58. The average molecular weight is 489 g/mol. The number of piperidine rings is 2. The molecule has 11 nitrogen and oxygen atoms in total. The van der Waals surface area contributed by atoms with E-state index in [1.807, 2.05) is 6.07 Å². The van der Waals surface area contributed by atoms with Crippen LogP contribution in [-0.4, -0.2) is 83.2 Å². The Labute approximate surface area is 203 Å². The van der Waals surface area contributed by atoms with Gasteiger partial charge in [-0.2, -0.15) is 9.97 Å². The number of nitrogens with one attached hydrogen (secondary N) is 1. The van der Waals surface area contributed by atoms with Gasteiger partial charge in [-0.15, -0.1) is 0 Å². The van der Waals surface area contributed by atoms with E-state index in [4.69, 9.17) is 15.7 Å². The number of carboxylic acids is 1. The van der Waals surface area contributed by atoms with E-state index in [1.54, 1.807) is 6.92 Å². The molecule has 0 aliphatic carbocycles. The first-order valence-corrected chi connectivity index (χ1v) is 12.4. The van der Waals surface area contributed by atoms with E-state index in [-0.39, 0.29) is 16.7 Å². The van der Waals surface area contributed by atoms with E-state index in [9.17, 15) is 14.7 Å². The average Bonchev–Trinajstić information content (AvgIpc) is 3.19. The summed E-state index contributed by atoms with van der Waals surface area (Å²) in [5, 5.41) is 12.9. The van der Waals surface area contributed by atoms with Crippen LogP contribution in [0.1, 0.15) is 41.0 Å². The number of carbonyl (C=O) groups is 2. The van der Waals surface area contributed by atoms with E-state index >= 15 is 0 Å². The van der Waals surface area contributed by atoms with E-state index in [0.29, 0.717) is 29.4 Å². The number of nitrogens with two attached hydrogens (primary N) is 1. The van der Waals surface area contributed by atoms with Crippen LogP contribution in [0.2, 0.25) is 0 Å². The first-order valence-electron chi connectivity index (χ1n) is 11.5. The molecule has 0 radical (unpaired) electrons. The Bertz CT molecular complexity index is 1050. The third kappa shape index (κ3) is 5.39. The predicted molar refractivity (Wildman–Crippen MR) is 132 cm³/mol. The number of anilines is 4. The smallest absolute Gasteiger partial charge is 0.347 e. The number of primary amides is 1. The van der Waals surface area contributed by atoms with Gasteiger partial charge in [-0.1, -0.05) is 11.3 Å². The van der Waals surface area contributed by atoms with Gasteiger partial charge in [0.25, 0.3) is 0 Å². The van der Waals surface area contributed by atoms with Crippen LogP contribution in [-0.2, 0) is 4.79 Å². The molecule has 0 saturated carbocycles. The molecule has 4 rings (SSSR count). The minimum absolute atomic E-state index is 0.185. The molecule has 4 N–H and O–H groups in total. The molecule has 2 aromatic rings. The van der Waals surface area contributed by atoms with Gasteiger partial charge >= 0.3 is 5.97 Å². The Balaban J connectivity index is 1.63. The van der Waals surface area contributed by atoms with E-state index in [0.717, 1.165) is 68.3 Å². The Morgan fingerprint density at radius 2 is 1.79 bits per heavy atom. The second-order valence-corrected chi connectivity index (χ2v) is 10.1. The zero-order chi connectivity index (χ0) is 24.4. The summed E-state index contributed by atoms with van der Waals surface area (Å²) in [6.07, 6.45) is 3.72. The second kappa shape index (κ2) is 10.1. The fraction of sp³-hybridized carbons (Fsp3) is 0.591. The van der Waals surface area contributed by atoms with Gasteiger partial charge in [0.15, 0.2) is 5.13 Å². The molecule has 1 unspecified atom stereocenters. The Morgan fingerprint density at radius 1 is 1.12 bits per heavy atom. The maximum absolute atomic E-state index is 11.8. The molecule has 1 amide bonds. The lowest BCUT2D eigenvalue weighted by atomic mass is 9.97. The van der Waals surface area contributed by atoms with Crippen LogP contribution in [0.4, 0.5) is 22.7 Å². The van der Waals surface area contributed by atoms with Crippen LogP contribution in [0.3, 0.4) is 0 Å². The summed E-state index contributed by atoms with van der Waals surface area (Å²) in [6, 6.07) is 2.52. The van der Waals surface area contributed by atoms with Gasteiger partial charge in [-0.25, -0.2) is 9.78 Å². The van der Waals surface area contributed by atoms with Gasteiger partial charge in [0.1, 0.15) is 16.5 Å². The van der Waals surface area contributed by atoms with Crippen molar-refractivity contribution >= 4 is 45.9 Å². The highest BCUT2D eigenvalue weighted by molar-refractivity contribution is 7.17. The molecule has 2 aliphatic heterocycles. The van der Waals surface area contributed by atoms with Crippen molar-refractivity contribution in [2.45, 2.75) is 38.6 Å². The van der Waals surface area contributed by atoms with E-state index in [1.165, 1.54) is 0 Å². The molecule has 34 heavy (non-hydrogen) atoms. The molecule has 0 spiro atoms. The van der Waals surface area contributed by atoms with Crippen LogP contribution in [0.15, 0.2) is 6.07 Å².